The van der Waals surface area contributed by atoms with Crippen LogP contribution in [0, 0.1) is 6.92 Å². The molecule has 0 radical (unpaired) electrons. The fourth-order valence-electron chi connectivity index (χ4n) is 3.40. The van der Waals surface area contributed by atoms with Crippen LogP contribution in [0.1, 0.15) is 25.4 Å². The molecule has 1 aromatic carbocycles. The van der Waals surface area contributed by atoms with E-state index in [1.165, 1.54) is 0 Å². The molecule has 0 unspecified atom stereocenters. The van der Waals surface area contributed by atoms with Gasteiger partial charge < -0.3 is 15.2 Å². The predicted octanol–water partition coefficient (Wildman–Crippen LogP) is 4.82. The van der Waals surface area contributed by atoms with E-state index in [-0.39, 0.29) is 10.8 Å². The first-order chi connectivity index (χ1) is 15.2. The summed E-state index contributed by atoms with van der Waals surface area (Å²) in [4.78, 5) is 29.5. The summed E-state index contributed by atoms with van der Waals surface area (Å²) in [6.45, 7) is 5.67. The first kappa shape index (κ1) is 22.0. The number of rotatable bonds is 5. The van der Waals surface area contributed by atoms with Gasteiger partial charge in [-0.2, -0.15) is 4.98 Å². The zero-order chi connectivity index (χ0) is 23.0. The number of benzene rings is 1. The molecule has 8 nitrogen and oxygen atoms in total. The van der Waals surface area contributed by atoms with Crippen molar-refractivity contribution in [2.24, 2.45) is 7.05 Å². The molecule has 0 aliphatic rings. The van der Waals surface area contributed by atoms with E-state index in [9.17, 15) is 4.79 Å². The Morgan fingerprint density at radius 2 is 1.78 bits per heavy atom. The lowest BCUT2D eigenvalue weighted by Gasteiger charge is -2.27. The molecule has 0 bridgehead atoms. The predicted molar refractivity (Wildman–Crippen MR) is 128 cm³/mol. The Hall–Kier alpha value is -3.23. The summed E-state index contributed by atoms with van der Waals surface area (Å²) in [5.41, 5.74) is 1.97. The Kier molecular flexibility index (Phi) is 5.75. The fraction of sp³-hybridized carbons (Fsp3) is 0.227. The molecule has 0 atom stereocenters. The first-order valence-electron chi connectivity index (χ1n) is 9.82. The molecule has 4 rings (SSSR count). The zero-order valence-corrected chi connectivity index (χ0v) is 19.5. The van der Waals surface area contributed by atoms with Crippen LogP contribution in [0.4, 0.5) is 17.2 Å². The smallest absolute Gasteiger partial charge is 0.252 e. The number of fused-ring (bicyclic) bond motifs is 1. The second-order valence-electron chi connectivity index (χ2n) is 7.88. The molecule has 3 aromatic heterocycles. The van der Waals surface area contributed by atoms with Gasteiger partial charge in [0.15, 0.2) is 11.6 Å². The van der Waals surface area contributed by atoms with E-state index >= 15 is 0 Å². The molecule has 32 heavy (non-hydrogen) atoms. The number of anilines is 3. The third-order valence-corrected chi connectivity index (χ3v) is 5.69. The third-order valence-electron chi connectivity index (χ3n) is 5.07. The van der Waals surface area contributed by atoms with Crippen LogP contribution in [-0.2, 0) is 12.6 Å². The molecule has 2 N–H and O–H groups in total. The zero-order valence-electron chi connectivity index (χ0n) is 17.9. The van der Waals surface area contributed by atoms with Crippen molar-refractivity contribution in [3.8, 4) is 0 Å². The summed E-state index contributed by atoms with van der Waals surface area (Å²) in [7, 11) is 1.73. The summed E-state index contributed by atoms with van der Waals surface area (Å²) in [5, 5.41) is 7.94. The lowest BCUT2D eigenvalue weighted by Crippen LogP contribution is -2.31. The number of aromatic nitrogens is 5. The Morgan fingerprint density at radius 1 is 1.06 bits per heavy atom. The van der Waals surface area contributed by atoms with Crippen LogP contribution >= 0.6 is 23.2 Å². The van der Waals surface area contributed by atoms with E-state index in [1.54, 1.807) is 43.1 Å². The van der Waals surface area contributed by atoms with Gasteiger partial charge in [-0.25, -0.2) is 15.0 Å². The summed E-state index contributed by atoms with van der Waals surface area (Å²) >= 11 is 12.3. The van der Waals surface area contributed by atoms with Crippen LogP contribution in [0.15, 0.2) is 47.5 Å². The largest absolute Gasteiger partial charge is 0.372 e. The van der Waals surface area contributed by atoms with Gasteiger partial charge in [-0.3, -0.25) is 4.79 Å². The molecule has 0 saturated carbocycles. The SMILES string of the molecule is Cc1nc(Cl)nc(Nc2ccc3c(c2)c(NC(C)(C)c2ncccn2)cc(=O)n3C)c1Cl. The van der Waals surface area contributed by atoms with Gasteiger partial charge in [-0.05, 0) is 56.6 Å². The van der Waals surface area contributed by atoms with E-state index < -0.39 is 5.54 Å². The minimum absolute atomic E-state index is 0.101. The molecule has 0 aliphatic carbocycles. The molecular formula is C22H21Cl2N7O. The van der Waals surface area contributed by atoms with Crippen LogP contribution in [0.2, 0.25) is 10.3 Å². The van der Waals surface area contributed by atoms with Gasteiger partial charge in [0.1, 0.15) is 5.02 Å². The summed E-state index contributed by atoms with van der Waals surface area (Å²) < 4.78 is 1.59. The minimum Gasteiger partial charge on any atom is -0.372 e. The Labute approximate surface area is 194 Å². The second-order valence-corrected chi connectivity index (χ2v) is 8.59. The average Bonchev–Trinajstić information content (AvgIpc) is 2.76. The number of halogens is 2. The van der Waals surface area contributed by atoms with Gasteiger partial charge in [0.05, 0.1) is 16.7 Å². The third kappa shape index (κ3) is 4.24. The van der Waals surface area contributed by atoms with Crippen LogP contribution in [0.3, 0.4) is 0 Å². The molecule has 0 saturated heterocycles. The maximum atomic E-state index is 12.6. The quantitative estimate of drug-likeness (QED) is 0.404. The van der Waals surface area contributed by atoms with Crippen molar-refractivity contribution < 1.29 is 0 Å². The Morgan fingerprint density at radius 3 is 2.50 bits per heavy atom. The van der Waals surface area contributed by atoms with E-state index in [4.69, 9.17) is 23.2 Å². The lowest BCUT2D eigenvalue weighted by molar-refractivity contribution is 0.563. The summed E-state index contributed by atoms with van der Waals surface area (Å²) in [6, 6.07) is 8.95. The molecule has 0 fully saturated rings. The molecule has 0 amide bonds. The van der Waals surface area contributed by atoms with Crippen molar-refractivity contribution in [1.29, 1.82) is 0 Å². The van der Waals surface area contributed by atoms with Gasteiger partial charge in [0.2, 0.25) is 5.28 Å². The standard InChI is InChI=1S/C22H21Cl2N7O/c1-12-18(23)19(29-21(24)27-12)28-13-6-7-16-14(10-13)15(11-17(32)31(16)4)30-22(2,3)20-25-8-5-9-26-20/h5-11,30H,1-4H3,(H,27,28,29). The second kappa shape index (κ2) is 8.37. The number of aryl methyl sites for hydroxylation is 2. The van der Waals surface area contributed by atoms with E-state index in [0.717, 1.165) is 16.6 Å². The van der Waals surface area contributed by atoms with Crippen molar-refractivity contribution >= 4 is 51.3 Å². The number of hydrogen-bond acceptors (Lipinski definition) is 7. The average molecular weight is 470 g/mol. The number of hydrogen-bond donors (Lipinski definition) is 2. The van der Waals surface area contributed by atoms with Gasteiger partial charge in [0, 0.05) is 42.3 Å². The van der Waals surface area contributed by atoms with Crippen molar-refractivity contribution in [3.05, 3.63) is 74.9 Å². The van der Waals surface area contributed by atoms with Crippen molar-refractivity contribution in [1.82, 2.24) is 24.5 Å². The van der Waals surface area contributed by atoms with Crippen molar-refractivity contribution in [2.45, 2.75) is 26.3 Å². The summed E-state index contributed by atoms with van der Waals surface area (Å²) in [6.07, 6.45) is 3.38. The fourth-order valence-corrected chi connectivity index (χ4v) is 3.74. The van der Waals surface area contributed by atoms with Gasteiger partial charge in [-0.15, -0.1) is 0 Å². The number of pyridine rings is 1. The Bertz CT molecular complexity index is 1370. The molecule has 0 spiro atoms. The minimum atomic E-state index is -0.620. The van der Waals surface area contributed by atoms with Crippen LogP contribution < -0.4 is 16.2 Å². The highest BCUT2D eigenvalue weighted by Gasteiger charge is 2.24. The van der Waals surface area contributed by atoms with Crippen LogP contribution in [0.25, 0.3) is 10.9 Å². The highest BCUT2D eigenvalue weighted by molar-refractivity contribution is 6.34. The number of nitrogens with zero attached hydrogens (tertiary/aromatic N) is 5. The normalized spacial score (nSPS) is 11.6. The molecule has 3 heterocycles. The Balaban J connectivity index is 1.80. The van der Waals surface area contributed by atoms with E-state index in [1.807, 2.05) is 32.0 Å². The van der Waals surface area contributed by atoms with Crippen LogP contribution in [0.5, 0.6) is 0 Å². The molecule has 164 valence electrons. The van der Waals surface area contributed by atoms with Gasteiger partial charge >= 0.3 is 0 Å². The van der Waals surface area contributed by atoms with Gasteiger partial charge in [0.25, 0.3) is 5.56 Å². The van der Waals surface area contributed by atoms with Crippen molar-refractivity contribution in [3.63, 3.8) is 0 Å². The van der Waals surface area contributed by atoms with Crippen LogP contribution in [-0.4, -0.2) is 24.5 Å². The highest BCUT2D eigenvalue weighted by Crippen LogP contribution is 2.32. The van der Waals surface area contributed by atoms with Gasteiger partial charge in [-0.1, -0.05) is 11.6 Å². The highest BCUT2D eigenvalue weighted by atomic mass is 35.5. The first-order valence-corrected chi connectivity index (χ1v) is 10.6. The summed E-state index contributed by atoms with van der Waals surface area (Å²) in [5.74, 6) is 1.02. The molecule has 0 aliphatic heterocycles. The molecule has 10 heteroatoms. The monoisotopic (exact) mass is 469 g/mol. The molecule has 4 aromatic rings. The maximum Gasteiger partial charge on any atom is 0.252 e. The number of nitrogens with one attached hydrogen (secondary N) is 2. The maximum absolute atomic E-state index is 12.6. The van der Waals surface area contributed by atoms with E-state index in [0.29, 0.717) is 28.0 Å². The van der Waals surface area contributed by atoms with Crippen molar-refractivity contribution in [2.75, 3.05) is 10.6 Å². The topological polar surface area (TPSA) is 97.6 Å². The molecular weight excluding hydrogens is 449 g/mol. The van der Waals surface area contributed by atoms with E-state index in [2.05, 4.69) is 30.6 Å². The lowest BCUT2D eigenvalue weighted by atomic mass is 10.0.